The molecule has 1 aliphatic heterocycles. The molecule has 3 rings (SSSR count). The van der Waals surface area contributed by atoms with Crippen LogP contribution in [0.1, 0.15) is 43.9 Å². The molecule has 0 spiro atoms. The Hall–Kier alpha value is -2.66. The molecular formula is C24H31FN2O2. The monoisotopic (exact) mass is 398 g/mol. The van der Waals surface area contributed by atoms with E-state index in [4.69, 9.17) is 0 Å². The molecule has 4 nitrogen and oxygen atoms in total. The Morgan fingerprint density at radius 3 is 2.38 bits per heavy atom. The van der Waals surface area contributed by atoms with Crippen LogP contribution >= 0.6 is 0 Å². The number of halogens is 1. The number of carbonyl (C=O) groups is 1. The first kappa shape index (κ1) is 22.6. The molecule has 5 heteroatoms. The van der Waals surface area contributed by atoms with Crippen molar-refractivity contribution in [1.29, 1.82) is 0 Å². The lowest BCUT2D eigenvalue weighted by atomic mass is 9.94. The standard InChI is InChI=1S/C18H19NO2.C6H12FN/c1-4-13(11-20)9-17-18(12(2)3)16(10-19-17)14-5-7-15(21)8-6-14;1-8-4-2-6(7)3-5-8/h4-12,19,21H,1H2,2-3H3;6H,2-5H2,1H3/b13-9+;. The summed E-state index contributed by atoms with van der Waals surface area (Å²) in [4.78, 5) is 16.3. The Balaban J connectivity index is 0.000000313. The van der Waals surface area contributed by atoms with E-state index in [0.717, 1.165) is 54.6 Å². The highest BCUT2D eigenvalue weighted by Crippen LogP contribution is 2.33. The number of nitrogens with one attached hydrogen (secondary N) is 1. The van der Waals surface area contributed by atoms with Crippen LogP contribution in [-0.4, -0.2) is 47.6 Å². The average molecular weight is 399 g/mol. The molecule has 0 atom stereocenters. The molecule has 0 bridgehead atoms. The summed E-state index contributed by atoms with van der Waals surface area (Å²) in [6.45, 7) is 9.72. The van der Waals surface area contributed by atoms with Crippen LogP contribution in [0.25, 0.3) is 17.2 Å². The van der Waals surface area contributed by atoms with Gasteiger partial charge in [-0.15, -0.1) is 0 Å². The Labute approximate surface area is 172 Å². The van der Waals surface area contributed by atoms with Crippen LogP contribution in [0, 0.1) is 0 Å². The van der Waals surface area contributed by atoms with Gasteiger partial charge in [-0.3, -0.25) is 4.79 Å². The summed E-state index contributed by atoms with van der Waals surface area (Å²) in [5.41, 5.74) is 4.69. The molecule has 2 N–H and O–H groups in total. The number of alkyl halides is 1. The highest BCUT2D eigenvalue weighted by atomic mass is 19.1. The highest BCUT2D eigenvalue weighted by Gasteiger charge is 2.15. The van der Waals surface area contributed by atoms with E-state index in [-0.39, 0.29) is 5.75 Å². The molecule has 0 amide bonds. The predicted octanol–water partition coefficient (Wildman–Crippen LogP) is 5.33. The summed E-state index contributed by atoms with van der Waals surface area (Å²) in [6.07, 6.45) is 7.01. The van der Waals surface area contributed by atoms with Crippen LogP contribution in [-0.2, 0) is 4.79 Å². The molecular weight excluding hydrogens is 367 g/mol. The molecule has 1 fully saturated rings. The molecule has 1 saturated heterocycles. The van der Waals surface area contributed by atoms with Gasteiger partial charge in [0.05, 0.1) is 0 Å². The van der Waals surface area contributed by atoms with Crippen molar-refractivity contribution < 1.29 is 14.3 Å². The van der Waals surface area contributed by atoms with Crippen LogP contribution in [0.4, 0.5) is 4.39 Å². The van der Waals surface area contributed by atoms with Crippen molar-refractivity contribution in [2.45, 2.75) is 38.8 Å². The van der Waals surface area contributed by atoms with Gasteiger partial charge < -0.3 is 15.0 Å². The van der Waals surface area contributed by atoms with E-state index in [9.17, 15) is 14.3 Å². The first-order chi connectivity index (χ1) is 13.8. The number of allylic oxidation sites excluding steroid dienone is 2. The fraction of sp³-hybridized carbons (Fsp3) is 0.375. The van der Waals surface area contributed by atoms with Gasteiger partial charge in [-0.2, -0.15) is 0 Å². The molecule has 1 aromatic carbocycles. The second-order valence-corrected chi connectivity index (χ2v) is 7.68. The van der Waals surface area contributed by atoms with Gasteiger partial charge in [-0.25, -0.2) is 4.39 Å². The Morgan fingerprint density at radius 2 is 1.90 bits per heavy atom. The summed E-state index contributed by atoms with van der Waals surface area (Å²) in [7, 11) is 2.03. The Bertz CT molecular complexity index is 809. The fourth-order valence-corrected chi connectivity index (χ4v) is 3.36. The van der Waals surface area contributed by atoms with E-state index >= 15 is 0 Å². The molecule has 2 aromatic rings. The Morgan fingerprint density at radius 1 is 1.28 bits per heavy atom. The van der Waals surface area contributed by atoms with Crippen molar-refractivity contribution in [2.75, 3.05) is 20.1 Å². The lowest BCUT2D eigenvalue weighted by molar-refractivity contribution is -0.104. The maximum absolute atomic E-state index is 12.3. The molecule has 0 aliphatic carbocycles. The largest absolute Gasteiger partial charge is 0.508 e. The van der Waals surface area contributed by atoms with Crippen molar-refractivity contribution in [3.63, 3.8) is 0 Å². The molecule has 0 unspecified atom stereocenters. The molecule has 0 saturated carbocycles. The van der Waals surface area contributed by atoms with Crippen LogP contribution in [0.5, 0.6) is 5.75 Å². The summed E-state index contributed by atoms with van der Waals surface area (Å²) >= 11 is 0. The zero-order chi connectivity index (χ0) is 21.4. The number of hydrogen-bond acceptors (Lipinski definition) is 3. The predicted molar refractivity (Wildman–Crippen MR) is 118 cm³/mol. The van der Waals surface area contributed by atoms with E-state index in [1.54, 1.807) is 18.2 Å². The quantitative estimate of drug-likeness (QED) is 0.407. The number of phenols is 1. The number of aromatic hydroxyl groups is 1. The number of aldehydes is 1. The third kappa shape index (κ3) is 6.43. The Kier molecular flexibility index (Phi) is 8.40. The maximum atomic E-state index is 12.3. The van der Waals surface area contributed by atoms with Crippen molar-refractivity contribution in [1.82, 2.24) is 9.88 Å². The minimum absolute atomic E-state index is 0.246. The number of benzene rings is 1. The van der Waals surface area contributed by atoms with Gasteiger partial charge in [0.15, 0.2) is 0 Å². The maximum Gasteiger partial charge on any atom is 0.150 e. The van der Waals surface area contributed by atoms with E-state index in [1.807, 2.05) is 25.4 Å². The van der Waals surface area contributed by atoms with E-state index in [2.05, 4.69) is 30.3 Å². The van der Waals surface area contributed by atoms with Crippen molar-refractivity contribution >= 4 is 12.4 Å². The van der Waals surface area contributed by atoms with Crippen LogP contribution in [0.2, 0.25) is 0 Å². The fourth-order valence-electron chi connectivity index (χ4n) is 3.36. The van der Waals surface area contributed by atoms with E-state index < -0.39 is 6.17 Å². The normalized spacial score (nSPS) is 15.7. The van der Waals surface area contributed by atoms with Crippen LogP contribution < -0.4 is 0 Å². The highest BCUT2D eigenvalue weighted by molar-refractivity contribution is 5.86. The molecule has 0 radical (unpaired) electrons. The smallest absolute Gasteiger partial charge is 0.150 e. The first-order valence-electron chi connectivity index (χ1n) is 9.98. The number of aromatic amines is 1. The summed E-state index contributed by atoms with van der Waals surface area (Å²) in [5.74, 6) is 0.541. The number of hydrogen-bond donors (Lipinski definition) is 2. The SMILES string of the molecule is C=C/C(C=O)=C\c1[nH]cc(-c2ccc(O)cc2)c1C(C)C.CN1CCC(F)CC1. The number of carbonyl (C=O) groups excluding carboxylic acids is 1. The van der Waals surface area contributed by atoms with Gasteiger partial charge in [-0.1, -0.05) is 38.6 Å². The van der Waals surface area contributed by atoms with Crippen molar-refractivity contribution in [3.05, 3.63) is 59.9 Å². The number of H-pyrrole nitrogens is 1. The van der Waals surface area contributed by atoms with Gasteiger partial charge in [0.25, 0.3) is 0 Å². The molecule has 156 valence electrons. The molecule has 29 heavy (non-hydrogen) atoms. The number of piperidine rings is 1. The van der Waals surface area contributed by atoms with Crippen LogP contribution in [0.15, 0.2) is 48.7 Å². The van der Waals surface area contributed by atoms with Gasteiger partial charge in [-0.05, 0) is 55.1 Å². The molecule has 2 heterocycles. The average Bonchev–Trinajstić information content (AvgIpc) is 3.13. The number of phenolic OH excluding ortho intramolecular Hbond substituents is 1. The second kappa shape index (κ2) is 10.8. The van der Waals surface area contributed by atoms with Gasteiger partial charge in [0, 0.05) is 36.1 Å². The van der Waals surface area contributed by atoms with E-state index in [1.165, 1.54) is 6.08 Å². The first-order valence-corrected chi connectivity index (χ1v) is 9.98. The molecule has 1 aliphatic rings. The lowest BCUT2D eigenvalue weighted by Crippen LogP contribution is -2.30. The second-order valence-electron chi connectivity index (χ2n) is 7.68. The molecule has 1 aromatic heterocycles. The topological polar surface area (TPSA) is 56.3 Å². The zero-order valence-electron chi connectivity index (χ0n) is 17.5. The van der Waals surface area contributed by atoms with Crippen LogP contribution in [0.3, 0.4) is 0 Å². The summed E-state index contributed by atoms with van der Waals surface area (Å²) in [5, 5.41) is 9.40. The van der Waals surface area contributed by atoms with Gasteiger partial charge in [0.2, 0.25) is 0 Å². The van der Waals surface area contributed by atoms with Gasteiger partial charge >= 0.3 is 0 Å². The van der Waals surface area contributed by atoms with Crippen molar-refractivity contribution in [3.8, 4) is 16.9 Å². The lowest BCUT2D eigenvalue weighted by Gasteiger charge is -2.23. The minimum Gasteiger partial charge on any atom is -0.508 e. The number of aromatic nitrogens is 1. The van der Waals surface area contributed by atoms with Gasteiger partial charge in [0.1, 0.15) is 18.2 Å². The summed E-state index contributed by atoms with van der Waals surface area (Å²) in [6, 6.07) is 7.10. The number of nitrogens with zero attached hydrogens (tertiary/aromatic N) is 1. The third-order valence-corrected chi connectivity index (χ3v) is 5.04. The van der Waals surface area contributed by atoms with Crippen molar-refractivity contribution in [2.24, 2.45) is 0 Å². The number of likely N-dealkylation sites (tertiary alicyclic amines) is 1. The summed E-state index contributed by atoms with van der Waals surface area (Å²) < 4.78 is 12.3. The third-order valence-electron chi connectivity index (χ3n) is 5.04. The van der Waals surface area contributed by atoms with E-state index in [0.29, 0.717) is 11.5 Å². The minimum atomic E-state index is -0.522. The zero-order valence-corrected chi connectivity index (χ0v) is 17.5. The number of rotatable bonds is 5.